The summed E-state index contributed by atoms with van der Waals surface area (Å²) in [5, 5.41) is -0.426. The molecule has 1 aromatic rings. The first-order valence-electron chi connectivity index (χ1n) is 6.81. The monoisotopic (exact) mass is 297 g/mol. The summed E-state index contributed by atoms with van der Waals surface area (Å²) in [6.07, 6.45) is 0.456. The molecule has 0 saturated heterocycles. The molecule has 0 aliphatic heterocycles. The summed E-state index contributed by atoms with van der Waals surface area (Å²) in [5.41, 5.74) is 7.35. The molecule has 0 saturated carbocycles. The van der Waals surface area contributed by atoms with Crippen LogP contribution >= 0.6 is 0 Å². The Morgan fingerprint density at radius 3 is 2.20 bits per heavy atom. The molecule has 20 heavy (non-hydrogen) atoms. The second-order valence-electron chi connectivity index (χ2n) is 5.48. The maximum atomic E-state index is 11.9. The third-order valence-electron chi connectivity index (χ3n) is 3.42. The van der Waals surface area contributed by atoms with Crippen molar-refractivity contribution in [3.05, 3.63) is 29.8 Å². The molecule has 2 N–H and O–H groups in total. The van der Waals surface area contributed by atoms with Crippen molar-refractivity contribution in [1.29, 1.82) is 0 Å². The first-order valence-corrected chi connectivity index (χ1v) is 8.52. The number of sulfone groups is 1. The van der Waals surface area contributed by atoms with Crippen molar-refractivity contribution in [2.45, 2.75) is 44.8 Å². The van der Waals surface area contributed by atoms with E-state index in [0.29, 0.717) is 12.1 Å². The summed E-state index contributed by atoms with van der Waals surface area (Å²) >= 11 is 0. The number of hydrogen-bond acceptors (Lipinski definition) is 4. The van der Waals surface area contributed by atoms with E-state index in [1.165, 1.54) is 0 Å². The Labute approximate surface area is 121 Å². The molecule has 5 heteroatoms. The van der Waals surface area contributed by atoms with Crippen molar-refractivity contribution >= 4 is 21.3 Å². The van der Waals surface area contributed by atoms with Gasteiger partial charge in [-0.15, -0.1) is 0 Å². The number of ketones is 1. The Kier molecular flexibility index (Phi) is 5.74. The number of carbonyl (C=O) groups is 1. The summed E-state index contributed by atoms with van der Waals surface area (Å²) in [4.78, 5) is 11.9. The second-order valence-corrected chi connectivity index (χ2v) is 8.15. The number of benzene rings is 1. The average Bonchev–Trinajstić information content (AvgIpc) is 2.37. The number of nitrogen functional groups attached to an aromatic ring is 1. The van der Waals surface area contributed by atoms with Crippen LogP contribution in [-0.4, -0.2) is 25.2 Å². The lowest BCUT2D eigenvalue weighted by atomic mass is 9.95. The number of anilines is 1. The van der Waals surface area contributed by atoms with Crippen molar-refractivity contribution in [1.82, 2.24) is 0 Å². The molecule has 0 fully saturated rings. The Balaban J connectivity index is 2.52. The van der Waals surface area contributed by atoms with Gasteiger partial charge in [-0.1, -0.05) is 19.1 Å². The predicted molar refractivity (Wildman–Crippen MR) is 82.4 cm³/mol. The molecule has 1 rings (SSSR count). The number of hydrogen-bond donors (Lipinski definition) is 1. The van der Waals surface area contributed by atoms with E-state index in [1.54, 1.807) is 26.0 Å². The van der Waals surface area contributed by atoms with Crippen LogP contribution in [0.5, 0.6) is 0 Å². The number of carbonyl (C=O) groups excluding carboxylic acids is 1. The van der Waals surface area contributed by atoms with Crippen molar-refractivity contribution in [3.63, 3.8) is 0 Å². The fourth-order valence-corrected chi connectivity index (χ4v) is 2.86. The van der Waals surface area contributed by atoms with E-state index >= 15 is 0 Å². The van der Waals surface area contributed by atoms with Gasteiger partial charge < -0.3 is 5.73 Å². The molecule has 0 heterocycles. The lowest BCUT2D eigenvalue weighted by Crippen LogP contribution is -2.20. The summed E-state index contributed by atoms with van der Waals surface area (Å²) in [7, 11) is -3.14. The molecule has 0 aliphatic carbocycles. The van der Waals surface area contributed by atoms with Crippen LogP contribution in [0.15, 0.2) is 24.3 Å². The zero-order chi connectivity index (χ0) is 15.3. The first-order chi connectivity index (χ1) is 9.22. The van der Waals surface area contributed by atoms with E-state index in [4.69, 9.17) is 5.73 Å². The Morgan fingerprint density at radius 2 is 1.70 bits per heavy atom. The highest BCUT2D eigenvalue weighted by Crippen LogP contribution is 2.21. The van der Waals surface area contributed by atoms with Crippen LogP contribution in [0.2, 0.25) is 0 Å². The van der Waals surface area contributed by atoms with Crippen molar-refractivity contribution in [3.8, 4) is 0 Å². The third-order valence-corrected chi connectivity index (χ3v) is 5.63. The molecule has 1 aromatic carbocycles. The molecule has 1 atom stereocenters. The lowest BCUT2D eigenvalue weighted by Gasteiger charge is -2.12. The van der Waals surface area contributed by atoms with Crippen molar-refractivity contribution in [2.75, 3.05) is 11.5 Å². The molecule has 0 aliphatic rings. The minimum Gasteiger partial charge on any atom is -0.399 e. The molecule has 0 spiro atoms. The van der Waals surface area contributed by atoms with Gasteiger partial charge in [0.25, 0.3) is 0 Å². The number of nitrogens with two attached hydrogens (primary N) is 1. The van der Waals surface area contributed by atoms with Gasteiger partial charge in [0.1, 0.15) is 5.78 Å². The Bertz CT molecular complexity index is 547. The highest BCUT2D eigenvalue weighted by molar-refractivity contribution is 7.91. The summed E-state index contributed by atoms with van der Waals surface area (Å²) in [6.45, 7) is 5.23. The van der Waals surface area contributed by atoms with Crippen LogP contribution in [0.4, 0.5) is 5.69 Å². The largest absolute Gasteiger partial charge is 0.399 e. The second kappa shape index (κ2) is 6.88. The molecular formula is C15H23NO3S. The van der Waals surface area contributed by atoms with Gasteiger partial charge in [0.2, 0.25) is 0 Å². The number of Topliss-reactive ketones (excluding diaryl/α,β-unsaturated/α-hetero) is 1. The zero-order valence-electron chi connectivity index (χ0n) is 12.3. The molecule has 4 nitrogen and oxygen atoms in total. The fourth-order valence-electron chi connectivity index (χ4n) is 1.88. The minimum absolute atomic E-state index is 0.0152. The van der Waals surface area contributed by atoms with Gasteiger partial charge in [0, 0.05) is 18.5 Å². The quantitative estimate of drug-likeness (QED) is 0.785. The topological polar surface area (TPSA) is 77.2 Å². The van der Waals surface area contributed by atoms with Crippen LogP contribution in [0.25, 0.3) is 0 Å². The third kappa shape index (κ3) is 4.96. The zero-order valence-corrected chi connectivity index (χ0v) is 13.1. The van der Waals surface area contributed by atoms with Gasteiger partial charge in [0.15, 0.2) is 9.84 Å². The van der Waals surface area contributed by atoms with Gasteiger partial charge >= 0.3 is 0 Å². The van der Waals surface area contributed by atoms with Gasteiger partial charge in [-0.2, -0.15) is 0 Å². The molecular weight excluding hydrogens is 274 g/mol. The van der Waals surface area contributed by atoms with E-state index in [9.17, 15) is 13.2 Å². The van der Waals surface area contributed by atoms with Gasteiger partial charge in [-0.25, -0.2) is 8.42 Å². The van der Waals surface area contributed by atoms with E-state index in [-0.39, 0.29) is 23.9 Å². The van der Waals surface area contributed by atoms with Crippen LogP contribution < -0.4 is 5.73 Å². The summed E-state index contributed by atoms with van der Waals surface area (Å²) in [6, 6.07) is 7.41. The van der Waals surface area contributed by atoms with Gasteiger partial charge in [-0.3, -0.25) is 4.79 Å². The Morgan fingerprint density at radius 1 is 1.15 bits per heavy atom. The van der Waals surface area contributed by atoms with Crippen molar-refractivity contribution < 1.29 is 13.2 Å². The first kappa shape index (κ1) is 16.7. The highest BCUT2D eigenvalue weighted by Gasteiger charge is 2.19. The molecule has 0 radical (unpaired) electrons. The standard InChI is InChI=1S/C15H23NO3S/c1-11(2)20(18,19)9-8-15(17)10-12(3)13-4-6-14(16)7-5-13/h4-7,11-12H,8-10,16H2,1-3H3. The predicted octanol–water partition coefficient (Wildman–Crippen LogP) is 2.54. The molecule has 1 unspecified atom stereocenters. The molecule has 0 bridgehead atoms. The Hall–Kier alpha value is -1.36. The minimum atomic E-state index is -3.14. The average molecular weight is 297 g/mol. The van der Waals surface area contributed by atoms with Crippen molar-refractivity contribution in [2.24, 2.45) is 0 Å². The van der Waals surface area contributed by atoms with E-state index in [0.717, 1.165) is 5.56 Å². The van der Waals surface area contributed by atoms with E-state index < -0.39 is 15.1 Å². The number of rotatable bonds is 7. The molecule has 0 aromatic heterocycles. The molecule has 112 valence electrons. The lowest BCUT2D eigenvalue weighted by molar-refractivity contribution is -0.119. The fraction of sp³-hybridized carbons (Fsp3) is 0.533. The van der Waals surface area contributed by atoms with E-state index in [1.807, 2.05) is 19.1 Å². The van der Waals surface area contributed by atoms with Gasteiger partial charge in [-0.05, 0) is 37.5 Å². The summed E-state index contributed by atoms with van der Waals surface area (Å²) < 4.78 is 23.3. The van der Waals surface area contributed by atoms with Crippen LogP contribution in [-0.2, 0) is 14.6 Å². The molecule has 0 amide bonds. The summed E-state index contributed by atoms with van der Waals surface area (Å²) in [5.74, 6) is 0.00113. The van der Waals surface area contributed by atoms with Gasteiger partial charge in [0.05, 0.1) is 11.0 Å². The maximum absolute atomic E-state index is 11.9. The van der Waals surface area contributed by atoms with Crippen LogP contribution in [0, 0.1) is 0 Å². The van der Waals surface area contributed by atoms with Crippen LogP contribution in [0.3, 0.4) is 0 Å². The highest BCUT2D eigenvalue weighted by atomic mass is 32.2. The van der Waals surface area contributed by atoms with Crippen LogP contribution in [0.1, 0.15) is 45.1 Å². The van der Waals surface area contributed by atoms with E-state index in [2.05, 4.69) is 0 Å². The SMILES string of the molecule is CC(CC(=O)CCS(=O)(=O)C(C)C)c1ccc(N)cc1. The smallest absolute Gasteiger partial charge is 0.153 e. The normalized spacial score (nSPS) is 13.4. The maximum Gasteiger partial charge on any atom is 0.153 e.